The summed E-state index contributed by atoms with van der Waals surface area (Å²) in [4.78, 5) is 9.91. The van der Waals surface area contributed by atoms with Gasteiger partial charge in [0.2, 0.25) is 0 Å². The van der Waals surface area contributed by atoms with Crippen LogP contribution in [0.15, 0.2) is 30.6 Å². The van der Waals surface area contributed by atoms with E-state index in [9.17, 15) is 0 Å². The van der Waals surface area contributed by atoms with Crippen molar-refractivity contribution in [3.63, 3.8) is 0 Å². The number of aromatic nitrogens is 2. The Hall–Kier alpha value is -2.01. The SMILES string of the molecule is CN(C)c1ccccc1Nc1ncnc(N)c1Cl. The van der Waals surface area contributed by atoms with Crippen molar-refractivity contribution in [1.29, 1.82) is 0 Å². The second-order valence-corrected chi connectivity index (χ2v) is 4.34. The molecule has 0 aliphatic rings. The molecule has 5 nitrogen and oxygen atoms in total. The van der Waals surface area contributed by atoms with Crippen molar-refractivity contribution in [3.8, 4) is 0 Å². The monoisotopic (exact) mass is 263 g/mol. The molecule has 0 amide bonds. The molecule has 2 aromatic rings. The molecular weight excluding hydrogens is 250 g/mol. The third-order valence-corrected chi connectivity index (χ3v) is 2.83. The molecule has 0 saturated carbocycles. The molecule has 0 unspecified atom stereocenters. The molecule has 0 aliphatic carbocycles. The first-order valence-corrected chi connectivity index (χ1v) is 5.76. The van der Waals surface area contributed by atoms with Gasteiger partial charge in [0.1, 0.15) is 17.2 Å². The van der Waals surface area contributed by atoms with Crippen molar-refractivity contribution >= 4 is 34.6 Å². The van der Waals surface area contributed by atoms with Gasteiger partial charge in [-0.1, -0.05) is 23.7 Å². The van der Waals surface area contributed by atoms with Gasteiger partial charge in [0, 0.05) is 14.1 Å². The summed E-state index contributed by atoms with van der Waals surface area (Å²) < 4.78 is 0. The van der Waals surface area contributed by atoms with Gasteiger partial charge in [-0.3, -0.25) is 0 Å². The maximum Gasteiger partial charge on any atom is 0.154 e. The summed E-state index contributed by atoms with van der Waals surface area (Å²) in [6, 6.07) is 7.86. The number of halogens is 1. The molecule has 1 aromatic carbocycles. The predicted octanol–water partition coefficient (Wildman–Crippen LogP) is 2.52. The van der Waals surface area contributed by atoms with Crippen molar-refractivity contribution in [3.05, 3.63) is 35.6 Å². The molecule has 0 radical (unpaired) electrons. The minimum Gasteiger partial charge on any atom is -0.382 e. The number of rotatable bonds is 3. The molecule has 0 fully saturated rings. The van der Waals surface area contributed by atoms with Gasteiger partial charge in [-0.25, -0.2) is 9.97 Å². The minimum absolute atomic E-state index is 0.261. The van der Waals surface area contributed by atoms with Crippen LogP contribution in [0.3, 0.4) is 0 Å². The molecular formula is C12H14ClN5. The van der Waals surface area contributed by atoms with Crippen molar-refractivity contribution in [2.45, 2.75) is 0 Å². The van der Waals surface area contributed by atoms with E-state index >= 15 is 0 Å². The highest BCUT2D eigenvalue weighted by Crippen LogP contribution is 2.30. The van der Waals surface area contributed by atoms with Crippen LogP contribution in [0.5, 0.6) is 0 Å². The van der Waals surface area contributed by atoms with Crippen molar-refractivity contribution < 1.29 is 0 Å². The average molecular weight is 264 g/mol. The van der Waals surface area contributed by atoms with Crippen LogP contribution in [-0.2, 0) is 0 Å². The zero-order chi connectivity index (χ0) is 13.1. The number of hydrogen-bond donors (Lipinski definition) is 2. The summed E-state index contributed by atoms with van der Waals surface area (Å²) in [6.07, 6.45) is 1.38. The van der Waals surface area contributed by atoms with Gasteiger partial charge in [-0.05, 0) is 12.1 Å². The molecule has 2 rings (SSSR count). The normalized spacial score (nSPS) is 10.2. The lowest BCUT2D eigenvalue weighted by Gasteiger charge is -2.18. The van der Waals surface area contributed by atoms with Crippen molar-refractivity contribution in [2.24, 2.45) is 0 Å². The van der Waals surface area contributed by atoms with Gasteiger partial charge in [0.15, 0.2) is 5.82 Å². The van der Waals surface area contributed by atoms with Crippen LogP contribution in [0.25, 0.3) is 0 Å². The van der Waals surface area contributed by atoms with Crippen LogP contribution in [0.1, 0.15) is 0 Å². The molecule has 0 atom stereocenters. The van der Waals surface area contributed by atoms with Gasteiger partial charge in [-0.15, -0.1) is 0 Å². The Morgan fingerprint density at radius 1 is 1.22 bits per heavy atom. The van der Waals surface area contributed by atoms with E-state index in [0.29, 0.717) is 10.8 Å². The van der Waals surface area contributed by atoms with E-state index < -0.39 is 0 Å². The highest BCUT2D eigenvalue weighted by Gasteiger charge is 2.09. The first kappa shape index (κ1) is 12.4. The Labute approximate surface area is 111 Å². The number of anilines is 4. The van der Waals surface area contributed by atoms with Gasteiger partial charge < -0.3 is 16.0 Å². The van der Waals surface area contributed by atoms with Gasteiger partial charge in [-0.2, -0.15) is 0 Å². The fourth-order valence-corrected chi connectivity index (χ4v) is 1.71. The van der Waals surface area contributed by atoms with Crippen molar-refractivity contribution in [2.75, 3.05) is 30.0 Å². The molecule has 3 N–H and O–H groups in total. The lowest BCUT2D eigenvalue weighted by Crippen LogP contribution is -2.11. The average Bonchev–Trinajstić information content (AvgIpc) is 2.35. The van der Waals surface area contributed by atoms with Crippen LogP contribution < -0.4 is 16.0 Å². The van der Waals surface area contributed by atoms with E-state index in [1.54, 1.807) is 0 Å². The van der Waals surface area contributed by atoms with Crippen molar-refractivity contribution in [1.82, 2.24) is 9.97 Å². The highest BCUT2D eigenvalue weighted by atomic mass is 35.5. The summed E-state index contributed by atoms with van der Waals surface area (Å²) in [7, 11) is 3.94. The van der Waals surface area contributed by atoms with Crippen LogP contribution in [0.2, 0.25) is 5.02 Å². The molecule has 1 aromatic heterocycles. The largest absolute Gasteiger partial charge is 0.382 e. The molecule has 18 heavy (non-hydrogen) atoms. The molecule has 94 valence electrons. The second-order valence-electron chi connectivity index (χ2n) is 3.96. The van der Waals surface area contributed by atoms with E-state index in [1.807, 2.05) is 43.3 Å². The van der Waals surface area contributed by atoms with Gasteiger partial charge in [0.25, 0.3) is 0 Å². The quantitative estimate of drug-likeness (QED) is 0.891. The lowest BCUT2D eigenvalue weighted by molar-refractivity contribution is 1.13. The summed E-state index contributed by atoms with van der Waals surface area (Å²) in [5.41, 5.74) is 7.58. The van der Waals surface area contributed by atoms with E-state index in [4.69, 9.17) is 17.3 Å². The molecule has 0 spiro atoms. The van der Waals surface area contributed by atoms with Gasteiger partial charge >= 0.3 is 0 Å². The number of nitrogens with two attached hydrogens (primary N) is 1. The van der Waals surface area contributed by atoms with Crippen LogP contribution >= 0.6 is 11.6 Å². The number of hydrogen-bond acceptors (Lipinski definition) is 5. The maximum atomic E-state index is 6.05. The molecule has 1 heterocycles. The van der Waals surface area contributed by atoms with Gasteiger partial charge in [0.05, 0.1) is 11.4 Å². The first-order valence-electron chi connectivity index (χ1n) is 5.39. The maximum absolute atomic E-state index is 6.05. The zero-order valence-electron chi connectivity index (χ0n) is 10.2. The highest BCUT2D eigenvalue weighted by molar-refractivity contribution is 6.35. The summed E-state index contributed by atoms with van der Waals surface area (Å²) >= 11 is 6.05. The van der Waals surface area contributed by atoms with E-state index in [0.717, 1.165) is 11.4 Å². The summed E-state index contributed by atoms with van der Waals surface area (Å²) in [6.45, 7) is 0. The number of nitrogen functional groups attached to an aromatic ring is 1. The smallest absolute Gasteiger partial charge is 0.154 e. The van der Waals surface area contributed by atoms with E-state index in [-0.39, 0.29) is 5.82 Å². The first-order chi connectivity index (χ1) is 8.59. The molecule has 0 aliphatic heterocycles. The number of benzene rings is 1. The Morgan fingerprint density at radius 3 is 2.67 bits per heavy atom. The third-order valence-electron chi connectivity index (χ3n) is 2.46. The molecule has 0 bridgehead atoms. The zero-order valence-corrected chi connectivity index (χ0v) is 10.9. The Morgan fingerprint density at radius 2 is 1.94 bits per heavy atom. The fraction of sp³-hybridized carbons (Fsp3) is 0.167. The summed E-state index contributed by atoms with van der Waals surface area (Å²) in [5.74, 6) is 0.759. The Bertz CT molecular complexity index is 556. The second kappa shape index (κ2) is 5.10. The molecule has 0 saturated heterocycles. The summed E-state index contributed by atoms with van der Waals surface area (Å²) in [5, 5.41) is 3.48. The van der Waals surface area contributed by atoms with E-state index in [2.05, 4.69) is 15.3 Å². The fourth-order valence-electron chi connectivity index (χ4n) is 1.57. The van der Waals surface area contributed by atoms with Crippen LogP contribution in [0, 0.1) is 0 Å². The predicted molar refractivity (Wildman–Crippen MR) is 75.5 cm³/mol. The van der Waals surface area contributed by atoms with E-state index in [1.165, 1.54) is 6.33 Å². The number of nitrogens with one attached hydrogen (secondary N) is 1. The Balaban J connectivity index is 2.37. The third kappa shape index (κ3) is 2.46. The molecule has 6 heteroatoms. The minimum atomic E-state index is 0.261. The topological polar surface area (TPSA) is 67.1 Å². The lowest BCUT2D eigenvalue weighted by atomic mass is 10.2. The Kier molecular flexibility index (Phi) is 3.53. The van der Waals surface area contributed by atoms with Crippen LogP contribution in [0.4, 0.5) is 23.0 Å². The van der Waals surface area contributed by atoms with Crippen LogP contribution in [-0.4, -0.2) is 24.1 Å². The standard InChI is InChI=1S/C12H14ClN5/c1-18(2)9-6-4-3-5-8(9)17-12-10(13)11(14)15-7-16-12/h3-7H,1-2H3,(H3,14,15,16,17). The number of para-hydroxylation sites is 2. The number of nitrogens with zero attached hydrogens (tertiary/aromatic N) is 3.